The van der Waals surface area contributed by atoms with Crippen molar-refractivity contribution in [1.29, 1.82) is 0 Å². The largest absolute Gasteiger partial charge is 0.508 e. The zero-order chi connectivity index (χ0) is 15.4. The minimum absolute atomic E-state index is 0.00204. The first kappa shape index (κ1) is 15.1. The number of cyclic esters (lactones) is 1. The molecule has 1 heterocycles. The number of rotatable bonds is 5. The molecule has 0 unspecified atom stereocenters. The minimum atomic E-state index is -0.678. The Balaban J connectivity index is 2.11. The molecular formula is C16H18O5. The topological polar surface area (TPSA) is 87.0 Å². The summed E-state index contributed by atoms with van der Waals surface area (Å²) >= 11 is 0. The molecule has 1 atom stereocenters. The molecule has 0 aliphatic carbocycles. The van der Waals surface area contributed by atoms with Crippen molar-refractivity contribution in [3.05, 3.63) is 47.1 Å². The summed E-state index contributed by atoms with van der Waals surface area (Å²) in [7, 11) is 0. The molecule has 0 radical (unpaired) electrons. The van der Waals surface area contributed by atoms with Gasteiger partial charge in [-0.15, -0.1) is 0 Å². The predicted molar refractivity (Wildman–Crippen MR) is 76.8 cm³/mol. The van der Waals surface area contributed by atoms with Gasteiger partial charge in [-0.1, -0.05) is 11.6 Å². The van der Waals surface area contributed by atoms with Crippen molar-refractivity contribution in [3.8, 4) is 11.5 Å². The number of hydrogen-bond donors (Lipinski definition) is 3. The van der Waals surface area contributed by atoms with E-state index in [0.29, 0.717) is 24.0 Å². The van der Waals surface area contributed by atoms with Crippen molar-refractivity contribution in [2.45, 2.75) is 25.9 Å². The first-order chi connectivity index (χ1) is 10.0. The van der Waals surface area contributed by atoms with Crippen molar-refractivity contribution in [2.24, 2.45) is 0 Å². The summed E-state index contributed by atoms with van der Waals surface area (Å²) in [4.78, 5) is 11.8. The Morgan fingerprint density at radius 3 is 2.86 bits per heavy atom. The van der Waals surface area contributed by atoms with E-state index in [1.165, 1.54) is 18.2 Å². The highest BCUT2D eigenvalue weighted by Crippen LogP contribution is 2.36. The molecule has 1 aliphatic heterocycles. The number of carbonyl (C=O) groups excluding carboxylic acids is 1. The molecule has 0 saturated heterocycles. The molecule has 0 fully saturated rings. The Labute approximate surface area is 122 Å². The number of carbonyl (C=O) groups is 1. The predicted octanol–water partition coefficient (Wildman–Crippen LogP) is 2.34. The molecule has 0 spiro atoms. The Hall–Kier alpha value is -2.27. The lowest BCUT2D eigenvalue weighted by Crippen LogP contribution is -2.02. The molecule has 21 heavy (non-hydrogen) atoms. The molecule has 1 aromatic carbocycles. The average Bonchev–Trinajstić information content (AvgIpc) is 2.82. The number of aliphatic hydroxyl groups excluding tert-OH is 1. The van der Waals surface area contributed by atoms with Crippen LogP contribution >= 0.6 is 0 Å². The quantitative estimate of drug-likeness (QED) is 0.440. The van der Waals surface area contributed by atoms with Gasteiger partial charge in [-0.2, -0.15) is 0 Å². The number of aromatic hydroxyl groups is 2. The number of allylic oxidation sites excluding steroid dienone is 1. The molecule has 2 rings (SSSR count). The number of benzene rings is 1. The van der Waals surface area contributed by atoms with Crippen molar-refractivity contribution in [2.75, 3.05) is 6.61 Å². The van der Waals surface area contributed by atoms with Crippen LogP contribution in [0.3, 0.4) is 0 Å². The third-order valence-corrected chi connectivity index (χ3v) is 3.32. The molecular weight excluding hydrogens is 272 g/mol. The fraction of sp³-hybridized carbons (Fsp3) is 0.312. The molecule has 1 aliphatic rings. The highest BCUT2D eigenvalue weighted by Gasteiger charge is 2.28. The van der Waals surface area contributed by atoms with Crippen molar-refractivity contribution >= 4 is 5.97 Å². The first-order valence-corrected chi connectivity index (χ1v) is 6.71. The number of ether oxygens (including phenoxy) is 1. The van der Waals surface area contributed by atoms with E-state index in [1.54, 1.807) is 6.08 Å². The number of hydrogen-bond acceptors (Lipinski definition) is 5. The normalized spacial score (nSPS) is 18.6. The van der Waals surface area contributed by atoms with Crippen LogP contribution in [-0.2, 0) is 9.53 Å². The second kappa shape index (κ2) is 6.45. The highest BCUT2D eigenvalue weighted by molar-refractivity contribution is 5.91. The van der Waals surface area contributed by atoms with Gasteiger partial charge in [-0.05, 0) is 44.0 Å². The van der Waals surface area contributed by atoms with Gasteiger partial charge in [0, 0.05) is 11.1 Å². The number of phenolic OH excluding ortho intramolecular Hbond substituents is 2. The third-order valence-electron chi connectivity index (χ3n) is 3.32. The summed E-state index contributed by atoms with van der Waals surface area (Å²) in [6, 6.07) is 4.10. The van der Waals surface area contributed by atoms with E-state index < -0.39 is 12.1 Å². The van der Waals surface area contributed by atoms with Gasteiger partial charge in [0.15, 0.2) is 0 Å². The molecule has 0 saturated carbocycles. The van der Waals surface area contributed by atoms with E-state index in [9.17, 15) is 15.0 Å². The number of esters is 1. The van der Waals surface area contributed by atoms with E-state index in [4.69, 9.17) is 9.84 Å². The van der Waals surface area contributed by atoms with Crippen molar-refractivity contribution in [3.63, 3.8) is 0 Å². The lowest BCUT2D eigenvalue weighted by Gasteiger charge is -2.10. The van der Waals surface area contributed by atoms with Crippen molar-refractivity contribution < 1.29 is 24.9 Å². The number of phenols is 2. The van der Waals surface area contributed by atoms with Crippen LogP contribution in [0.4, 0.5) is 0 Å². The molecule has 5 nitrogen and oxygen atoms in total. The van der Waals surface area contributed by atoms with Gasteiger partial charge in [0.05, 0.1) is 6.61 Å². The van der Waals surface area contributed by atoms with Gasteiger partial charge in [0.25, 0.3) is 0 Å². The van der Waals surface area contributed by atoms with Gasteiger partial charge in [0.1, 0.15) is 17.6 Å². The monoisotopic (exact) mass is 290 g/mol. The van der Waals surface area contributed by atoms with Crippen LogP contribution in [0.1, 0.15) is 31.4 Å². The third kappa shape index (κ3) is 3.64. The molecule has 112 valence electrons. The van der Waals surface area contributed by atoms with Crippen molar-refractivity contribution in [1.82, 2.24) is 0 Å². The molecule has 0 aromatic heterocycles. The van der Waals surface area contributed by atoms with Crippen LogP contribution in [0.25, 0.3) is 0 Å². The van der Waals surface area contributed by atoms with Crippen LogP contribution in [-0.4, -0.2) is 27.9 Å². The second-order valence-electron chi connectivity index (χ2n) is 5.01. The fourth-order valence-corrected chi connectivity index (χ4v) is 2.12. The zero-order valence-electron chi connectivity index (χ0n) is 11.7. The molecule has 3 N–H and O–H groups in total. The maximum Gasteiger partial charge on any atom is 0.334 e. The van der Waals surface area contributed by atoms with Crippen LogP contribution in [0.5, 0.6) is 11.5 Å². The summed E-state index contributed by atoms with van der Waals surface area (Å²) in [5.74, 6) is -0.445. The average molecular weight is 290 g/mol. The van der Waals surface area contributed by atoms with Gasteiger partial charge in [0.2, 0.25) is 0 Å². The molecule has 0 bridgehead atoms. The van der Waals surface area contributed by atoms with E-state index in [-0.39, 0.29) is 18.1 Å². The lowest BCUT2D eigenvalue weighted by atomic mass is 10.0. The van der Waals surface area contributed by atoms with E-state index in [1.807, 2.05) is 13.0 Å². The maximum absolute atomic E-state index is 11.8. The Kier molecular flexibility index (Phi) is 4.65. The summed E-state index contributed by atoms with van der Waals surface area (Å²) in [6.45, 7) is 1.82. The Morgan fingerprint density at radius 1 is 1.38 bits per heavy atom. The van der Waals surface area contributed by atoms with Crippen LogP contribution in [0.2, 0.25) is 0 Å². The summed E-state index contributed by atoms with van der Waals surface area (Å²) in [6.07, 6.45) is 3.98. The number of aliphatic hydroxyl groups is 1. The van der Waals surface area contributed by atoms with Crippen LogP contribution < -0.4 is 0 Å². The Bertz CT molecular complexity index is 601. The Morgan fingerprint density at radius 2 is 2.14 bits per heavy atom. The lowest BCUT2D eigenvalue weighted by molar-refractivity contribution is -0.140. The van der Waals surface area contributed by atoms with Gasteiger partial charge >= 0.3 is 5.97 Å². The molecule has 1 aromatic rings. The van der Waals surface area contributed by atoms with Gasteiger partial charge < -0.3 is 20.1 Å². The van der Waals surface area contributed by atoms with Gasteiger partial charge in [-0.3, -0.25) is 0 Å². The molecule has 0 amide bonds. The highest BCUT2D eigenvalue weighted by atomic mass is 16.5. The molecule has 5 heteroatoms. The minimum Gasteiger partial charge on any atom is -0.508 e. The summed E-state index contributed by atoms with van der Waals surface area (Å²) in [5.41, 5.74) is 1.74. The zero-order valence-corrected chi connectivity index (χ0v) is 11.7. The standard InChI is InChI=1S/C16H18O5/c1-10(9-17)3-2-4-11-7-15(21-16(11)20)13-8-12(18)5-6-14(13)19/h3,5-8,15,17-19H,2,4,9H2,1H3/b10-3+/t15-/m0/s1. The maximum atomic E-state index is 11.8. The van der Waals surface area contributed by atoms with Gasteiger partial charge in [-0.25, -0.2) is 4.79 Å². The van der Waals surface area contributed by atoms with E-state index >= 15 is 0 Å². The van der Waals surface area contributed by atoms with E-state index in [0.717, 1.165) is 5.57 Å². The van der Waals surface area contributed by atoms with Crippen LogP contribution in [0, 0.1) is 0 Å². The summed E-state index contributed by atoms with van der Waals surface area (Å²) in [5, 5.41) is 28.1. The van der Waals surface area contributed by atoms with Crippen LogP contribution in [0.15, 0.2) is 41.5 Å². The van der Waals surface area contributed by atoms with E-state index in [2.05, 4.69) is 0 Å². The smallest absolute Gasteiger partial charge is 0.334 e. The summed E-state index contributed by atoms with van der Waals surface area (Å²) < 4.78 is 5.21. The first-order valence-electron chi connectivity index (χ1n) is 6.71. The fourth-order valence-electron chi connectivity index (χ4n) is 2.12. The second-order valence-corrected chi connectivity index (χ2v) is 5.01. The SMILES string of the molecule is C/C(=C\CCC1=C[C@@H](c2cc(O)ccc2O)OC1=O)CO.